The van der Waals surface area contributed by atoms with E-state index in [2.05, 4.69) is 33.7 Å². The minimum Gasteiger partial charge on any atom is -0.385 e. The molecule has 0 radical (unpaired) electrons. The van der Waals surface area contributed by atoms with Crippen LogP contribution in [0.1, 0.15) is 23.1 Å². The van der Waals surface area contributed by atoms with Gasteiger partial charge in [0.15, 0.2) is 5.82 Å². The van der Waals surface area contributed by atoms with Crippen molar-refractivity contribution in [3.05, 3.63) is 29.6 Å². The Kier molecular flexibility index (Phi) is 3.82. The first-order valence-electron chi connectivity index (χ1n) is 7.31. The highest BCUT2D eigenvalue weighted by molar-refractivity contribution is 8.06. The molecule has 1 aromatic carbocycles. The number of rotatable bonds is 2. The molecule has 2 aliphatic rings. The molecule has 0 spiro atoms. The van der Waals surface area contributed by atoms with Crippen molar-refractivity contribution in [3.8, 4) is 11.5 Å². The van der Waals surface area contributed by atoms with Crippen molar-refractivity contribution in [3.63, 3.8) is 0 Å². The van der Waals surface area contributed by atoms with Crippen molar-refractivity contribution in [2.45, 2.75) is 18.1 Å². The van der Waals surface area contributed by atoms with Crippen molar-refractivity contribution >= 4 is 29.2 Å². The number of aromatic nitrogens is 2. The first kappa shape index (κ1) is 13.5. The Balaban J connectivity index is 1.66. The van der Waals surface area contributed by atoms with Crippen molar-refractivity contribution in [1.82, 2.24) is 10.1 Å². The minimum atomic E-state index is 0.374. The molecule has 3 heterocycles. The van der Waals surface area contributed by atoms with Crippen LogP contribution in [0.5, 0.6) is 0 Å². The Morgan fingerprint density at radius 2 is 2.29 bits per heavy atom. The van der Waals surface area contributed by atoms with Crippen LogP contribution in [0.25, 0.3) is 11.5 Å². The molecular weight excluding hydrogens is 302 g/mol. The molecule has 1 unspecified atom stereocenters. The molecule has 0 aliphatic carbocycles. The van der Waals surface area contributed by atoms with E-state index in [4.69, 9.17) is 4.52 Å². The summed E-state index contributed by atoms with van der Waals surface area (Å²) < 4.78 is 5.56. The van der Waals surface area contributed by atoms with Gasteiger partial charge in [0, 0.05) is 35.1 Å². The fourth-order valence-corrected chi connectivity index (χ4v) is 5.41. The summed E-state index contributed by atoms with van der Waals surface area (Å²) in [4.78, 5) is 4.67. The van der Waals surface area contributed by atoms with E-state index in [0.29, 0.717) is 11.1 Å². The highest BCUT2D eigenvalue weighted by Gasteiger charge is 2.24. The number of thioether (sulfide) groups is 2. The SMILES string of the molecule is c1cc2c(c(-c3nc(C4CSCCS4)no3)c1)CCCN2. The Hall–Kier alpha value is -1.14. The van der Waals surface area contributed by atoms with Gasteiger partial charge in [-0.3, -0.25) is 0 Å². The fourth-order valence-electron chi connectivity index (χ4n) is 2.82. The molecule has 4 nitrogen and oxygen atoms in total. The monoisotopic (exact) mass is 319 g/mol. The first-order valence-corrected chi connectivity index (χ1v) is 9.51. The van der Waals surface area contributed by atoms with Crippen LogP contribution in [0, 0.1) is 0 Å². The quantitative estimate of drug-likeness (QED) is 0.912. The number of nitrogens with zero attached hydrogens (tertiary/aromatic N) is 2. The van der Waals surface area contributed by atoms with Crippen LogP contribution in [0.15, 0.2) is 22.7 Å². The molecule has 4 rings (SSSR count). The van der Waals surface area contributed by atoms with E-state index >= 15 is 0 Å². The van der Waals surface area contributed by atoms with Gasteiger partial charge in [0.1, 0.15) is 0 Å². The maximum Gasteiger partial charge on any atom is 0.258 e. The lowest BCUT2D eigenvalue weighted by atomic mass is 9.97. The third kappa shape index (κ3) is 2.66. The van der Waals surface area contributed by atoms with Crippen molar-refractivity contribution < 1.29 is 4.52 Å². The van der Waals surface area contributed by atoms with Crippen LogP contribution >= 0.6 is 23.5 Å². The van der Waals surface area contributed by atoms with Gasteiger partial charge in [-0.15, -0.1) is 11.8 Å². The third-order valence-electron chi connectivity index (χ3n) is 3.87. The molecule has 21 heavy (non-hydrogen) atoms. The molecule has 110 valence electrons. The van der Waals surface area contributed by atoms with Gasteiger partial charge in [-0.1, -0.05) is 11.2 Å². The van der Waals surface area contributed by atoms with Crippen LogP contribution < -0.4 is 5.32 Å². The molecule has 2 aliphatic heterocycles. The van der Waals surface area contributed by atoms with Crippen molar-refractivity contribution in [2.24, 2.45) is 0 Å². The molecular formula is C15H17N3OS2. The summed E-state index contributed by atoms with van der Waals surface area (Å²) in [5.74, 6) is 5.00. The number of benzene rings is 1. The average Bonchev–Trinajstić information content (AvgIpc) is 3.05. The molecule has 6 heteroatoms. The summed E-state index contributed by atoms with van der Waals surface area (Å²) >= 11 is 3.91. The molecule has 2 aromatic rings. The summed E-state index contributed by atoms with van der Waals surface area (Å²) in [5, 5.41) is 8.04. The maximum atomic E-state index is 5.56. The van der Waals surface area contributed by atoms with E-state index in [1.807, 2.05) is 23.5 Å². The normalized spacial score (nSPS) is 21.6. The van der Waals surface area contributed by atoms with E-state index < -0.39 is 0 Å². The second-order valence-electron chi connectivity index (χ2n) is 5.25. The topological polar surface area (TPSA) is 51.0 Å². The average molecular weight is 319 g/mol. The Labute approximate surface area is 132 Å². The zero-order chi connectivity index (χ0) is 14.1. The number of hydrogen-bond acceptors (Lipinski definition) is 6. The van der Waals surface area contributed by atoms with Crippen LogP contribution in [0.2, 0.25) is 0 Å². The Morgan fingerprint density at radius 3 is 3.19 bits per heavy atom. The number of nitrogens with one attached hydrogen (secondary N) is 1. The van der Waals surface area contributed by atoms with Gasteiger partial charge in [0.2, 0.25) is 0 Å². The lowest BCUT2D eigenvalue weighted by Gasteiger charge is -2.19. The summed E-state index contributed by atoms with van der Waals surface area (Å²) in [6.45, 7) is 1.04. The smallest absolute Gasteiger partial charge is 0.258 e. The van der Waals surface area contributed by atoms with Crippen molar-refractivity contribution in [1.29, 1.82) is 0 Å². The largest absolute Gasteiger partial charge is 0.385 e. The van der Waals surface area contributed by atoms with Crippen LogP contribution in [0.4, 0.5) is 5.69 Å². The maximum absolute atomic E-state index is 5.56. The fraction of sp³-hybridized carbons (Fsp3) is 0.467. The van der Waals surface area contributed by atoms with Gasteiger partial charge in [0.05, 0.1) is 5.25 Å². The van der Waals surface area contributed by atoms with Crippen LogP contribution in [0.3, 0.4) is 0 Å². The molecule has 0 amide bonds. The van der Waals surface area contributed by atoms with Gasteiger partial charge in [0.25, 0.3) is 5.89 Å². The molecule has 0 bridgehead atoms. The summed E-state index contributed by atoms with van der Waals surface area (Å²) in [5.41, 5.74) is 3.61. The highest BCUT2D eigenvalue weighted by atomic mass is 32.2. The standard InChI is InChI=1S/C15H17N3OS2/c1-3-11(10-4-2-6-16-12(10)5-1)15-17-14(18-19-15)13-9-20-7-8-21-13/h1,3,5,13,16H,2,4,6-9H2. The molecule has 1 atom stereocenters. The third-order valence-corrected chi connectivity index (χ3v) is 6.62. The second-order valence-corrected chi connectivity index (χ2v) is 7.71. The Morgan fingerprint density at radius 1 is 1.29 bits per heavy atom. The van der Waals surface area contributed by atoms with E-state index in [1.165, 1.54) is 22.8 Å². The van der Waals surface area contributed by atoms with Gasteiger partial charge in [-0.2, -0.15) is 16.7 Å². The number of anilines is 1. The lowest BCUT2D eigenvalue weighted by Crippen LogP contribution is -2.12. The zero-order valence-corrected chi connectivity index (χ0v) is 13.3. The predicted octanol–water partition coefficient (Wildman–Crippen LogP) is 3.62. The zero-order valence-electron chi connectivity index (χ0n) is 11.7. The van der Waals surface area contributed by atoms with Gasteiger partial charge in [-0.05, 0) is 30.5 Å². The van der Waals surface area contributed by atoms with Crippen molar-refractivity contribution in [2.75, 3.05) is 29.1 Å². The summed E-state index contributed by atoms with van der Waals surface area (Å²) in [7, 11) is 0. The van der Waals surface area contributed by atoms with Gasteiger partial charge < -0.3 is 9.84 Å². The van der Waals surface area contributed by atoms with E-state index in [0.717, 1.165) is 36.5 Å². The van der Waals surface area contributed by atoms with E-state index in [1.54, 1.807) is 0 Å². The van der Waals surface area contributed by atoms with Gasteiger partial charge >= 0.3 is 0 Å². The summed E-state index contributed by atoms with van der Waals surface area (Å²) in [6, 6.07) is 6.27. The highest BCUT2D eigenvalue weighted by Crippen LogP contribution is 2.37. The minimum absolute atomic E-state index is 0.374. The number of fused-ring (bicyclic) bond motifs is 1. The Bertz CT molecular complexity index is 638. The first-order chi connectivity index (χ1) is 10.4. The molecule has 1 saturated heterocycles. The number of hydrogen-bond donors (Lipinski definition) is 1. The molecule has 1 aromatic heterocycles. The van der Waals surface area contributed by atoms with Crippen LogP contribution in [-0.2, 0) is 6.42 Å². The van der Waals surface area contributed by atoms with Crippen LogP contribution in [-0.4, -0.2) is 33.9 Å². The molecule has 1 fully saturated rings. The van der Waals surface area contributed by atoms with Gasteiger partial charge in [-0.25, -0.2) is 0 Å². The molecule has 0 saturated carbocycles. The molecule has 1 N–H and O–H groups in total. The predicted molar refractivity (Wildman–Crippen MR) is 89.1 cm³/mol. The summed E-state index contributed by atoms with van der Waals surface area (Å²) in [6.07, 6.45) is 2.23. The lowest BCUT2D eigenvalue weighted by molar-refractivity contribution is 0.422. The van der Waals surface area contributed by atoms with E-state index in [-0.39, 0.29) is 0 Å². The second kappa shape index (κ2) is 5.93. The van der Waals surface area contributed by atoms with E-state index in [9.17, 15) is 0 Å².